The van der Waals surface area contributed by atoms with Crippen molar-refractivity contribution < 1.29 is 4.79 Å². The number of rotatable bonds is 8. The minimum Gasteiger partial charge on any atom is -0.356 e. The van der Waals surface area contributed by atoms with E-state index >= 15 is 0 Å². The number of hydrogen-bond acceptors (Lipinski definition) is 1. The summed E-state index contributed by atoms with van der Waals surface area (Å²) in [6.07, 6.45) is 12.0. The van der Waals surface area contributed by atoms with Gasteiger partial charge in [-0.2, -0.15) is 0 Å². The van der Waals surface area contributed by atoms with E-state index in [1.165, 1.54) is 0 Å². The third kappa shape index (κ3) is 11.0. The van der Waals surface area contributed by atoms with E-state index in [9.17, 15) is 4.79 Å². The minimum absolute atomic E-state index is 0.186. The van der Waals surface area contributed by atoms with Gasteiger partial charge in [-0.15, -0.1) is 0 Å². The van der Waals surface area contributed by atoms with Gasteiger partial charge < -0.3 is 5.32 Å². The van der Waals surface area contributed by atoms with Crippen LogP contribution in [0.5, 0.6) is 0 Å². The second kappa shape index (κ2) is 10.5. The molecule has 0 saturated heterocycles. The lowest BCUT2D eigenvalue weighted by Crippen LogP contribution is -2.26. The van der Waals surface area contributed by atoms with E-state index in [2.05, 4.69) is 31.3 Å². The van der Waals surface area contributed by atoms with Crippen LogP contribution in [0.1, 0.15) is 46.5 Å². The summed E-state index contributed by atoms with van der Waals surface area (Å²) in [6.45, 7) is 7.00. The quantitative estimate of drug-likeness (QED) is 0.495. The number of nitrogens with one attached hydrogen (secondary N) is 1. The zero-order chi connectivity index (χ0) is 12.2. The van der Waals surface area contributed by atoms with Gasteiger partial charge >= 0.3 is 0 Å². The van der Waals surface area contributed by atoms with Crippen LogP contribution in [0.2, 0.25) is 0 Å². The molecule has 0 saturated carbocycles. The average Bonchev–Trinajstić information content (AvgIpc) is 2.25. The number of allylic oxidation sites excluding steroid dienone is 4. The maximum Gasteiger partial charge on any atom is 0.220 e. The molecular weight excluding hydrogens is 198 g/mol. The summed E-state index contributed by atoms with van der Waals surface area (Å²) >= 11 is 0. The van der Waals surface area contributed by atoms with Crippen molar-refractivity contribution in [1.82, 2.24) is 5.32 Å². The van der Waals surface area contributed by atoms with Gasteiger partial charge in [0.2, 0.25) is 5.91 Å². The fourth-order valence-corrected chi connectivity index (χ4v) is 1.24. The highest BCUT2D eigenvalue weighted by Gasteiger charge is 2.00. The van der Waals surface area contributed by atoms with Gasteiger partial charge in [0.25, 0.3) is 0 Å². The maximum atomic E-state index is 11.3. The van der Waals surface area contributed by atoms with E-state index in [1.807, 2.05) is 19.1 Å². The summed E-state index contributed by atoms with van der Waals surface area (Å²) in [4.78, 5) is 11.3. The van der Waals surface area contributed by atoms with Crippen LogP contribution in [-0.4, -0.2) is 12.5 Å². The molecule has 0 aromatic carbocycles. The molecule has 0 spiro atoms. The number of amides is 1. The van der Waals surface area contributed by atoms with Gasteiger partial charge in [-0.1, -0.05) is 38.2 Å². The number of unbranched alkanes of at least 4 members (excludes halogenated alkanes) is 2. The van der Waals surface area contributed by atoms with Crippen LogP contribution in [-0.2, 0) is 4.79 Å². The van der Waals surface area contributed by atoms with Crippen molar-refractivity contribution in [3.8, 4) is 0 Å². The second-order valence-corrected chi connectivity index (χ2v) is 4.40. The summed E-state index contributed by atoms with van der Waals surface area (Å²) in [7, 11) is 0. The molecule has 0 aliphatic rings. The third-order valence-corrected chi connectivity index (χ3v) is 2.17. The van der Waals surface area contributed by atoms with Gasteiger partial charge in [-0.05, 0) is 32.1 Å². The fourth-order valence-electron chi connectivity index (χ4n) is 1.24. The smallest absolute Gasteiger partial charge is 0.220 e. The first kappa shape index (κ1) is 14.9. The van der Waals surface area contributed by atoms with Crippen LogP contribution in [0.3, 0.4) is 0 Å². The van der Waals surface area contributed by atoms with Crippen LogP contribution < -0.4 is 5.32 Å². The topological polar surface area (TPSA) is 29.1 Å². The van der Waals surface area contributed by atoms with Gasteiger partial charge in [0.05, 0.1) is 0 Å². The first-order valence-electron chi connectivity index (χ1n) is 6.21. The van der Waals surface area contributed by atoms with Gasteiger partial charge in [0.15, 0.2) is 0 Å². The van der Waals surface area contributed by atoms with E-state index < -0.39 is 0 Å². The molecule has 0 bridgehead atoms. The van der Waals surface area contributed by atoms with Gasteiger partial charge in [-0.3, -0.25) is 4.79 Å². The molecular formula is C14H25NO. The summed E-state index contributed by atoms with van der Waals surface area (Å²) in [5.74, 6) is 0.721. The summed E-state index contributed by atoms with van der Waals surface area (Å²) < 4.78 is 0. The van der Waals surface area contributed by atoms with E-state index in [1.54, 1.807) is 0 Å². The molecule has 0 heterocycles. The lowest BCUT2D eigenvalue weighted by molar-refractivity contribution is -0.121. The van der Waals surface area contributed by atoms with Crippen LogP contribution in [0.4, 0.5) is 0 Å². The lowest BCUT2D eigenvalue weighted by atomic mass is 10.1. The molecule has 0 aliphatic carbocycles. The lowest BCUT2D eigenvalue weighted by Gasteiger charge is -2.06. The van der Waals surface area contributed by atoms with Crippen molar-refractivity contribution in [1.29, 1.82) is 0 Å². The zero-order valence-corrected chi connectivity index (χ0v) is 10.8. The molecule has 1 amide bonds. The highest BCUT2D eigenvalue weighted by atomic mass is 16.1. The molecule has 0 aliphatic heterocycles. The molecule has 0 unspecified atom stereocenters. The predicted molar refractivity (Wildman–Crippen MR) is 70.3 cm³/mol. The molecule has 0 fully saturated rings. The van der Waals surface area contributed by atoms with Crippen molar-refractivity contribution in [2.75, 3.05) is 6.54 Å². The minimum atomic E-state index is 0.186. The molecule has 0 aromatic rings. The van der Waals surface area contributed by atoms with Gasteiger partial charge in [0, 0.05) is 13.0 Å². The fraction of sp³-hybridized carbons (Fsp3) is 0.643. The van der Waals surface area contributed by atoms with E-state index in [0.717, 1.165) is 25.8 Å². The van der Waals surface area contributed by atoms with Gasteiger partial charge in [-0.25, -0.2) is 0 Å². The molecule has 2 heteroatoms. The molecule has 1 N–H and O–H groups in total. The third-order valence-electron chi connectivity index (χ3n) is 2.17. The standard InChI is InChI=1S/C14H25NO/c1-4-5-6-7-8-9-10-11-14(16)15-12-13(2)3/h4-7,13H,8-12H2,1-3H3,(H,15,16). The van der Waals surface area contributed by atoms with Crippen molar-refractivity contribution in [2.24, 2.45) is 5.92 Å². The Morgan fingerprint density at radius 2 is 2.00 bits per heavy atom. The molecule has 0 rings (SSSR count). The van der Waals surface area contributed by atoms with Crippen molar-refractivity contribution in [2.45, 2.75) is 46.5 Å². The Morgan fingerprint density at radius 3 is 2.62 bits per heavy atom. The van der Waals surface area contributed by atoms with Crippen molar-refractivity contribution in [3.63, 3.8) is 0 Å². The first-order valence-corrected chi connectivity index (χ1v) is 6.21. The molecule has 0 aromatic heterocycles. The Morgan fingerprint density at radius 1 is 1.25 bits per heavy atom. The summed E-state index contributed by atoms with van der Waals surface area (Å²) in [5, 5.41) is 2.93. The first-order chi connectivity index (χ1) is 7.66. The molecule has 0 radical (unpaired) electrons. The Labute approximate surface area is 99.8 Å². The van der Waals surface area contributed by atoms with Crippen molar-refractivity contribution in [3.05, 3.63) is 24.3 Å². The Balaban J connectivity index is 3.34. The molecule has 0 atom stereocenters. The molecule has 2 nitrogen and oxygen atoms in total. The van der Waals surface area contributed by atoms with E-state index in [4.69, 9.17) is 0 Å². The van der Waals surface area contributed by atoms with Crippen molar-refractivity contribution >= 4 is 5.91 Å². The van der Waals surface area contributed by atoms with Crippen LogP contribution in [0, 0.1) is 5.92 Å². The highest BCUT2D eigenvalue weighted by molar-refractivity contribution is 5.75. The normalized spacial score (nSPS) is 11.8. The summed E-state index contributed by atoms with van der Waals surface area (Å²) in [5.41, 5.74) is 0. The summed E-state index contributed by atoms with van der Waals surface area (Å²) in [6, 6.07) is 0. The van der Waals surface area contributed by atoms with Crippen LogP contribution >= 0.6 is 0 Å². The molecule has 92 valence electrons. The van der Waals surface area contributed by atoms with Gasteiger partial charge in [0.1, 0.15) is 0 Å². The maximum absolute atomic E-state index is 11.3. The van der Waals surface area contributed by atoms with Crippen LogP contribution in [0.25, 0.3) is 0 Å². The Hall–Kier alpha value is -1.05. The average molecular weight is 223 g/mol. The van der Waals surface area contributed by atoms with Crippen LogP contribution in [0.15, 0.2) is 24.3 Å². The zero-order valence-electron chi connectivity index (χ0n) is 10.8. The molecule has 16 heavy (non-hydrogen) atoms. The second-order valence-electron chi connectivity index (χ2n) is 4.40. The van der Waals surface area contributed by atoms with E-state index in [-0.39, 0.29) is 5.91 Å². The SMILES string of the molecule is CC=CC=CCCCCC(=O)NCC(C)C. The number of carbonyl (C=O) groups is 1. The largest absolute Gasteiger partial charge is 0.356 e. The predicted octanol–water partition coefficient (Wildman–Crippen LogP) is 3.45. The Kier molecular flexibility index (Phi) is 9.78. The Bertz CT molecular complexity index is 229. The van der Waals surface area contributed by atoms with E-state index in [0.29, 0.717) is 12.3 Å². The highest BCUT2D eigenvalue weighted by Crippen LogP contribution is 2.01. The monoisotopic (exact) mass is 223 g/mol. The number of hydrogen-bond donors (Lipinski definition) is 1. The number of carbonyl (C=O) groups excluding carboxylic acids is 1.